The number of carbonyl (C=O) groups is 4. The summed E-state index contributed by atoms with van der Waals surface area (Å²) in [5.74, 6) is -2.77. The second kappa shape index (κ2) is 10.7. The average Bonchev–Trinajstić information content (AvgIpc) is 3.40. The number of carboxylic acid groups (broad SMARTS) is 1. The molecule has 2 rings (SSSR count). The van der Waals surface area contributed by atoms with Gasteiger partial charge in [-0.3, -0.25) is 14.4 Å². The summed E-state index contributed by atoms with van der Waals surface area (Å²) in [6.45, 7) is 6.09. The molecule has 170 valence electrons. The van der Waals surface area contributed by atoms with Gasteiger partial charge in [0.2, 0.25) is 17.7 Å². The van der Waals surface area contributed by atoms with Crippen molar-refractivity contribution in [3.8, 4) is 0 Å². The number of aliphatic hydroxyl groups excluding tert-OH is 1. The Balaban J connectivity index is 2.12. The van der Waals surface area contributed by atoms with E-state index in [0.29, 0.717) is 25.7 Å². The van der Waals surface area contributed by atoms with Crippen LogP contribution in [0.3, 0.4) is 0 Å². The SMILES string of the molecule is CCC(C)C(NC(=O)C1CCCN1)C(=O)NC(C(=O)N1CCCC1C(=O)O)C(C)O. The van der Waals surface area contributed by atoms with Crippen molar-refractivity contribution in [2.75, 3.05) is 13.1 Å². The third-order valence-electron chi connectivity index (χ3n) is 6.04. The highest BCUT2D eigenvalue weighted by Crippen LogP contribution is 2.20. The third kappa shape index (κ3) is 5.69. The maximum Gasteiger partial charge on any atom is 0.326 e. The first-order valence-corrected chi connectivity index (χ1v) is 10.7. The van der Waals surface area contributed by atoms with Crippen LogP contribution in [0.2, 0.25) is 0 Å². The minimum absolute atomic E-state index is 0.196. The van der Waals surface area contributed by atoms with Gasteiger partial charge in [-0.25, -0.2) is 4.79 Å². The van der Waals surface area contributed by atoms with Gasteiger partial charge in [0.05, 0.1) is 12.1 Å². The molecule has 5 N–H and O–H groups in total. The maximum absolute atomic E-state index is 13.0. The van der Waals surface area contributed by atoms with Crippen LogP contribution in [0.25, 0.3) is 0 Å². The largest absolute Gasteiger partial charge is 0.480 e. The van der Waals surface area contributed by atoms with Crippen LogP contribution in [0.5, 0.6) is 0 Å². The van der Waals surface area contributed by atoms with E-state index in [1.165, 1.54) is 11.8 Å². The molecule has 0 radical (unpaired) electrons. The van der Waals surface area contributed by atoms with Crippen LogP contribution in [-0.4, -0.2) is 82.2 Å². The molecule has 0 aromatic carbocycles. The monoisotopic (exact) mass is 426 g/mol. The highest BCUT2D eigenvalue weighted by Gasteiger charge is 2.40. The lowest BCUT2D eigenvalue weighted by Crippen LogP contribution is -2.61. The number of nitrogens with one attached hydrogen (secondary N) is 3. The molecule has 3 amide bonds. The van der Waals surface area contributed by atoms with Gasteiger partial charge in [-0.2, -0.15) is 0 Å². The van der Waals surface area contributed by atoms with Crippen molar-refractivity contribution in [2.24, 2.45) is 5.92 Å². The van der Waals surface area contributed by atoms with Crippen molar-refractivity contribution in [1.29, 1.82) is 0 Å². The number of hydrogen-bond acceptors (Lipinski definition) is 6. The summed E-state index contributed by atoms with van der Waals surface area (Å²) in [7, 11) is 0. The van der Waals surface area contributed by atoms with Crippen LogP contribution >= 0.6 is 0 Å². The van der Waals surface area contributed by atoms with Gasteiger partial charge in [0.25, 0.3) is 0 Å². The lowest BCUT2D eigenvalue weighted by molar-refractivity contribution is -0.151. The molecule has 10 heteroatoms. The van der Waals surface area contributed by atoms with Crippen LogP contribution in [0.4, 0.5) is 0 Å². The van der Waals surface area contributed by atoms with Crippen molar-refractivity contribution in [2.45, 2.75) is 83.1 Å². The molecule has 0 bridgehead atoms. The fraction of sp³-hybridized carbons (Fsp3) is 0.800. The van der Waals surface area contributed by atoms with Gasteiger partial charge in [-0.05, 0) is 45.1 Å². The molecule has 10 nitrogen and oxygen atoms in total. The van der Waals surface area contributed by atoms with Gasteiger partial charge in [0.1, 0.15) is 18.1 Å². The highest BCUT2D eigenvalue weighted by atomic mass is 16.4. The minimum Gasteiger partial charge on any atom is -0.480 e. The Morgan fingerprint density at radius 2 is 1.80 bits per heavy atom. The normalized spacial score (nSPS) is 25.3. The molecule has 30 heavy (non-hydrogen) atoms. The first-order valence-electron chi connectivity index (χ1n) is 10.7. The summed E-state index contributed by atoms with van der Waals surface area (Å²) >= 11 is 0. The zero-order valence-electron chi connectivity index (χ0n) is 17.9. The van der Waals surface area contributed by atoms with Crippen LogP contribution < -0.4 is 16.0 Å². The number of likely N-dealkylation sites (tertiary alicyclic amines) is 1. The molecule has 6 atom stereocenters. The second-order valence-corrected chi connectivity index (χ2v) is 8.28. The van der Waals surface area contributed by atoms with Crippen molar-refractivity contribution in [1.82, 2.24) is 20.9 Å². The van der Waals surface area contributed by atoms with E-state index >= 15 is 0 Å². The average molecular weight is 427 g/mol. The summed E-state index contributed by atoms with van der Waals surface area (Å²) in [6.07, 6.45) is 1.86. The molecule has 2 aliphatic heterocycles. The Morgan fingerprint density at radius 3 is 2.33 bits per heavy atom. The molecule has 0 aromatic rings. The molecule has 0 saturated carbocycles. The van der Waals surface area contributed by atoms with E-state index < -0.39 is 42.0 Å². The van der Waals surface area contributed by atoms with Crippen molar-refractivity contribution in [3.05, 3.63) is 0 Å². The van der Waals surface area contributed by atoms with Crippen LogP contribution in [0.15, 0.2) is 0 Å². The molecule has 0 spiro atoms. The summed E-state index contributed by atoms with van der Waals surface area (Å²) in [6, 6.07) is -3.47. The van der Waals surface area contributed by atoms with Gasteiger partial charge in [0, 0.05) is 6.54 Å². The second-order valence-electron chi connectivity index (χ2n) is 8.28. The van der Waals surface area contributed by atoms with E-state index in [0.717, 1.165) is 13.0 Å². The molecule has 0 aromatic heterocycles. The van der Waals surface area contributed by atoms with Gasteiger partial charge in [-0.15, -0.1) is 0 Å². The number of amides is 3. The first-order chi connectivity index (χ1) is 14.2. The maximum atomic E-state index is 13.0. The first kappa shape index (κ1) is 24.1. The molecule has 2 aliphatic rings. The molecule has 2 heterocycles. The van der Waals surface area contributed by atoms with E-state index in [1.807, 2.05) is 13.8 Å². The van der Waals surface area contributed by atoms with Gasteiger partial charge in [-0.1, -0.05) is 20.3 Å². The number of carboxylic acids is 1. The van der Waals surface area contributed by atoms with E-state index in [-0.39, 0.29) is 24.4 Å². The van der Waals surface area contributed by atoms with Crippen molar-refractivity contribution in [3.63, 3.8) is 0 Å². The number of carbonyl (C=O) groups excluding carboxylic acids is 3. The van der Waals surface area contributed by atoms with Crippen LogP contribution in [-0.2, 0) is 19.2 Å². The Bertz CT molecular complexity index is 649. The molecule has 2 saturated heterocycles. The van der Waals surface area contributed by atoms with E-state index in [2.05, 4.69) is 16.0 Å². The topological polar surface area (TPSA) is 148 Å². The zero-order chi connectivity index (χ0) is 22.4. The molecule has 2 fully saturated rings. The quantitative estimate of drug-likeness (QED) is 0.324. The molecular formula is C20H34N4O6. The Labute approximate surface area is 176 Å². The number of aliphatic carboxylic acids is 1. The summed E-state index contributed by atoms with van der Waals surface area (Å²) in [5, 5.41) is 27.9. The van der Waals surface area contributed by atoms with Crippen molar-refractivity contribution >= 4 is 23.7 Å². The minimum atomic E-state index is -1.29. The van der Waals surface area contributed by atoms with Gasteiger partial charge in [0.15, 0.2) is 0 Å². The fourth-order valence-electron chi connectivity index (χ4n) is 3.96. The van der Waals surface area contributed by atoms with Crippen LogP contribution in [0, 0.1) is 5.92 Å². The predicted octanol–water partition coefficient (Wildman–Crippen LogP) is -0.789. The molecule has 0 aliphatic carbocycles. The number of aliphatic hydroxyl groups is 1. The molecule has 6 unspecified atom stereocenters. The van der Waals surface area contributed by atoms with E-state index in [1.54, 1.807) is 0 Å². The summed E-state index contributed by atoms with van der Waals surface area (Å²) in [4.78, 5) is 51.0. The number of rotatable bonds is 9. The van der Waals surface area contributed by atoms with Gasteiger partial charge < -0.3 is 31.1 Å². The van der Waals surface area contributed by atoms with Crippen LogP contribution in [0.1, 0.15) is 52.9 Å². The highest BCUT2D eigenvalue weighted by molar-refractivity contribution is 5.94. The third-order valence-corrected chi connectivity index (χ3v) is 6.04. The Morgan fingerprint density at radius 1 is 1.10 bits per heavy atom. The summed E-state index contributed by atoms with van der Waals surface area (Å²) < 4.78 is 0. The standard InChI is InChI=1S/C20H34N4O6/c1-4-11(2)15(22-17(26)13-7-5-9-21-13)18(27)23-16(12(3)25)19(28)24-10-6-8-14(24)20(29)30/h11-16,21,25H,4-10H2,1-3H3,(H,22,26)(H,23,27)(H,29,30). The lowest BCUT2D eigenvalue weighted by atomic mass is 9.97. The lowest BCUT2D eigenvalue weighted by Gasteiger charge is -2.31. The smallest absolute Gasteiger partial charge is 0.326 e. The van der Waals surface area contributed by atoms with Gasteiger partial charge >= 0.3 is 5.97 Å². The Kier molecular flexibility index (Phi) is 8.60. The number of hydrogen-bond donors (Lipinski definition) is 5. The summed E-state index contributed by atoms with van der Waals surface area (Å²) in [5.41, 5.74) is 0. The number of nitrogens with zero attached hydrogens (tertiary/aromatic N) is 1. The van der Waals surface area contributed by atoms with E-state index in [9.17, 15) is 29.4 Å². The predicted molar refractivity (Wildman–Crippen MR) is 108 cm³/mol. The van der Waals surface area contributed by atoms with E-state index in [4.69, 9.17) is 0 Å². The fourth-order valence-corrected chi connectivity index (χ4v) is 3.96. The van der Waals surface area contributed by atoms with Crippen molar-refractivity contribution < 1.29 is 29.4 Å². The zero-order valence-corrected chi connectivity index (χ0v) is 17.9. The Hall–Kier alpha value is -2.20. The molecular weight excluding hydrogens is 392 g/mol.